The van der Waals surface area contributed by atoms with Gasteiger partial charge in [0.1, 0.15) is 0 Å². The molecular weight excluding hydrogens is 784 g/mol. The van der Waals surface area contributed by atoms with Gasteiger partial charge in [-0.3, -0.25) is 0 Å². The van der Waals surface area contributed by atoms with Crippen molar-refractivity contribution in [2.45, 2.75) is 13.3 Å². The number of rotatable bonds is 3. The van der Waals surface area contributed by atoms with Gasteiger partial charge in [-0.25, -0.2) is 0 Å². The Hall–Kier alpha value is -8.14. The molecule has 0 spiro atoms. The molecule has 3 heterocycles. The van der Waals surface area contributed by atoms with Crippen molar-refractivity contribution >= 4 is 89.0 Å². The van der Waals surface area contributed by atoms with Gasteiger partial charge in [0.05, 0.1) is 0 Å². The molecule has 65 heavy (non-hydrogen) atoms. The Morgan fingerprint density at radius 1 is 0.462 bits per heavy atom. The van der Waals surface area contributed by atoms with Crippen molar-refractivity contribution in [3.05, 3.63) is 223 Å². The molecule has 1 aromatic heterocycles. The van der Waals surface area contributed by atoms with Crippen molar-refractivity contribution in [3.63, 3.8) is 0 Å². The van der Waals surface area contributed by atoms with E-state index in [1.54, 1.807) is 0 Å². The largest absolute Gasteiger partial charge is 0.375 e. The molecule has 0 saturated heterocycles. The zero-order valence-corrected chi connectivity index (χ0v) is 35.8. The zero-order valence-electron chi connectivity index (χ0n) is 35.8. The Balaban J connectivity index is 1.14. The summed E-state index contributed by atoms with van der Waals surface area (Å²) in [5.74, 6) is 0. The van der Waals surface area contributed by atoms with Crippen LogP contribution in [0.3, 0.4) is 0 Å². The lowest BCUT2D eigenvalue weighted by atomic mass is 9.44. The maximum atomic E-state index is 2.75. The van der Waals surface area contributed by atoms with E-state index >= 15 is 0 Å². The maximum Gasteiger partial charge on any atom is 0.333 e. The number of benzene rings is 11. The van der Waals surface area contributed by atoms with E-state index in [1.807, 2.05) is 0 Å². The normalized spacial score (nSPS) is 13.2. The summed E-state index contributed by atoms with van der Waals surface area (Å²) in [7, 11) is 0. The van der Waals surface area contributed by atoms with Crippen molar-refractivity contribution in [2.24, 2.45) is 0 Å². The first-order valence-corrected chi connectivity index (χ1v) is 22.9. The average molecular weight is 823 g/mol. The molecule has 300 valence electrons. The number of para-hydroxylation sites is 1. The number of aromatic nitrogens is 1. The van der Waals surface area contributed by atoms with Gasteiger partial charge in [0.25, 0.3) is 0 Å². The summed E-state index contributed by atoms with van der Waals surface area (Å²) in [6, 6.07) is 77.8. The lowest BCUT2D eigenvalue weighted by Crippen LogP contribution is -2.57. The second-order valence-electron chi connectivity index (χ2n) is 18.4. The first-order chi connectivity index (χ1) is 32.2. The summed E-state index contributed by atoms with van der Waals surface area (Å²) in [5.41, 5.74) is 23.4. The van der Waals surface area contributed by atoms with Gasteiger partial charge in [-0.05, 0) is 161 Å². The third kappa shape index (κ3) is 4.79. The monoisotopic (exact) mass is 822 g/mol. The van der Waals surface area contributed by atoms with Gasteiger partial charge in [-0.15, -0.1) is 0 Å². The van der Waals surface area contributed by atoms with Crippen molar-refractivity contribution in [1.29, 1.82) is 0 Å². The van der Waals surface area contributed by atoms with E-state index in [2.05, 4.69) is 223 Å². The van der Waals surface area contributed by atoms with Crippen LogP contribution in [-0.4, -0.2) is 11.3 Å². The highest BCUT2D eigenvalue weighted by atomic mass is 15.2. The fourth-order valence-electron chi connectivity index (χ4n) is 12.3. The van der Waals surface area contributed by atoms with Crippen LogP contribution >= 0.6 is 0 Å². The maximum absolute atomic E-state index is 2.75. The Morgan fingerprint density at radius 2 is 1.11 bits per heavy atom. The van der Waals surface area contributed by atoms with E-state index < -0.39 is 0 Å². The minimum Gasteiger partial charge on any atom is -0.375 e. The zero-order chi connectivity index (χ0) is 42.5. The van der Waals surface area contributed by atoms with E-state index in [9.17, 15) is 0 Å². The molecule has 0 N–H and O–H groups in total. The van der Waals surface area contributed by atoms with Gasteiger partial charge >= 0.3 is 6.85 Å². The van der Waals surface area contributed by atoms with Crippen molar-refractivity contribution in [2.75, 3.05) is 4.90 Å². The Labute approximate surface area is 377 Å². The molecule has 15 rings (SSSR count). The molecule has 1 aliphatic carbocycles. The first-order valence-electron chi connectivity index (χ1n) is 22.9. The summed E-state index contributed by atoms with van der Waals surface area (Å²) in [4.78, 5) is 2.65. The molecule has 3 aliphatic rings. The van der Waals surface area contributed by atoms with Gasteiger partial charge in [-0.2, -0.15) is 0 Å². The lowest BCUT2D eigenvalue weighted by molar-refractivity contribution is 1.24. The van der Waals surface area contributed by atoms with Crippen LogP contribution in [-0.2, 0) is 6.42 Å². The predicted octanol–water partition coefficient (Wildman–Crippen LogP) is 14.9. The highest BCUT2D eigenvalue weighted by Gasteiger charge is 2.45. The second-order valence-corrected chi connectivity index (χ2v) is 18.4. The number of anilines is 3. The molecule has 0 unspecified atom stereocenters. The molecule has 0 bridgehead atoms. The van der Waals surface area contributed by atoms with Crippen LogP contribution in [0, 0.1) is 6.92 Å². The molecule has 0 amide bonds. The molecule has 3 heteroatoms. The molecule has 0 atom stereocenters. The number of aryl methyl sites for hydroxylation is 1. The first kappa shape index (κ1) is 35.3. The second kappa shape index (κ2) is 13.0. The fraction of sp³-hybridized carbons (Fsp3) is 0.0323. The summed E-state index contributed by atoms with van der Waals surface area (Å²) in [5, 5.41) is 10.4. The quantitative estimate of drug-likeness (QED) is 0.127. The Kier molecular flexibility index (Phi) is 7.05. The van der Waals surface area contributed by atoms with Crippen LogP contribution in [0.4, 0.5) is 17.1 Å². The third-order valence-electron chi connectivity index (χ3n) is 15.0. The van der Waals surface area contributed by atoms with Gasteiger partial charge < -0.3 is 9.38 Å². The van der Waals surface area contributed by atoms with Crippen LogP contribution in [0.15, 0.2) is 206 Å². The van der Waals surface area contributed by atoms with Gasteiger partial charge in [0, 0.05) is 44.4 Å². The molecular formula is C62H39BN2. The molecule has 0 saturated carbocycles. The number of nitrogens with zero attached hydrogens (tertiary/aromatic N) is 2. The molecule has 2 aliphatic heterocycles. The van der Waals surface area contributed by atoms with Gasteiger partial charge in [0.15, 0.2) is 0 Å². The van der Waals surface area contributed by atoms with Crippen LogP contribution < -0.4 is 15.8 Å². The van der Waals surface area contributed by atoms with Crippen molar-refractivity contribution in [1.82, 2.24) is 4.48 Å². The smallest absolute Gasteiger partial charge is 0.333 e. The van der Waals surface area contributed by atoms with Crippen LogP contribution in [0.5, 0.6) is 0 Å². The van der Waals surface area contributed by atoms with E-state index in [4.69, 9.17) is 0 Å². The van der Waals surface area contributed by atoms with Gasteiger partial charge in [0.2, 0.25) is 0 Å². The summed E-state index contributed by atoms with van der Waals surface area (Å²) in [6.45, 7) is 2.30. The molecule has 11 aromatic carbocycles. The molecule has 0 radical (unpaired) electrons. The van der Waals surface area contributed by atoms with E-state index in [0.717, 1.165) is 12.1 Å². The number of hydrogen-bond donors (Lipinski definition) is 0. The van der Waals surface area contributed by atoms with Crippen molar-refractivity contribution in [3.8, 4) is 44.5 Å². The molecule has 2 nitrogen and oxygen atoms in total. The fourth-order valence-corrected chi connectivity index (χ4v) is 12.3. The summed E-state index contributed by atoms with van der Waals surface area (Å²) < 4.78 is 2.75. The summed E-state index contributed by atoms with van der Waals surface area (Å²) in [6.07, 6.45) is 0.942. The van der Waals surface area contributed by atoms with E-state index in [0.29, 0.717) is 0 Å². The number of hydrogen-bond acceptors (Lipinski definition) is 1. The van der Waals surface area contributed by atoms with Crippen molar-refractivity contribution < 1.29 is 0 Å². The van der Waals surface area contributed by atoms with Crippen LogP contribution in [0.1, 0.15) is 16.7 Å². The topological polar surface area (TPSA) is 8.17 Å². The Bertz CT molecular complexity index is 3990. The summed E-state index contributed by atoms with van der Waals surface area (Å²) >= 11 is 0. The third-order valence-corrected chi connectivity index (χ3v) is 15.0. The van der Waals surface area contributed by atoms with Crippen LogP contribution in [0.2, 0.25) is 0 Å². The molecule has 12 aromatic rings. The average Bonchev–Trinajstić information content (AvgIpc) is 3.91. The van der Waals surface area contributed by atoms with E-state index in [1.165, 1.54) is 138 Å². The number of fused-ring (bicyclic) bond motifs is 15. The standard InChI is InChI=1S/C62H39BN2/c1-37-51-32-41-21-9-8-20-40(41)28-46(51)34-55-61(37)64(47-30-44(38-16-4-2-5-17-38)29-45(31-47)39-18-6-3-7-19-39)57-35-43-23-11-13-25-49(43)58-54-36-52-48-24-12-10-22-42(48)33-53(52)59-50-26-14-15-27-56(50)65(62(54)59)63(55)60(57)58/h2-32,34-36H,33H2,1H3. The van der Waals surface area contributed by atoms with E-state index in [-0.39, 0.29) is 6.85 Å². The predicted molar refractivity (Wildman–Crippen MR) is 276 cm³/mol. The minimum atomic E-state index is -0.0759. The SMILES string of the molecule is Cc1c2c(cc3cc4ccccc4cc13)B1c3c(cc4ccccc4c3-c3cc4c(c5c6ccccc6n1c35)Cc1ccccc1-4)N2c1cc(-c2ccccc2)cc(-c2ccccc2)c1. The molecule has 0 fully saturated rings. The van der Waals surface area contributed by atoms with Gasteiger partial charge in [-0.1, -0.05) is 158 Å². The lowest BCUT2D eigenvalue weighted by Gasteiger charge is -2.42. The Morgan fingerprint density at radius 3 is 1.88 bits per heavy atom. The highest BCUT2D eigenvalue weighted by molar-refractivity contribution is 6.90. The minimum absolute atomic E-state index is 0.0759. The van der Waals surface area contributed by atoms with Crippen LogP contribution in [0.25, 0.3) is 98.6 Å². The highest BCUT2D eigenvalue weighted by Crippen LogP contribution is 2.53.